The Hall–Kier alpha value is -1.98. The SMILES string of the molecule is CN(C)S(=O)(=O)c1ccc(CNC(=O)[C@@H]2CCCN(S(=O)(=O)c3ccc(Cl)cc3)C2)cc1. The van der Waals surface area contributed by atoms with Crippen molar-refractivity contribution in [2.45, 2.75) is 29.2 Å². The minimum absolute atomic E-state index is 0.108. The number of piperidine rings is 1. The standard InChI is InChI=1S/C21H26ClN3O5S2/c1-24(2)31(27,28)19-9-5-16(6-10-19)14-23-21(26)17-4-3-13-25(15-17)32(29,30)20-11-7-18(22)8-12-20/h5-12,17H,3-4,13-15H2,1-2H3,(H,23,26)/t17-/m1/s1. The largest absolute Gasteiger partial charge is 0.352 e. The first-order chi connectivity index (χ1) is 15.0. The number of sulfonamides is 2. The number of nitrogens with one attached hydrogen (secondary N) is 1. The van der Waals surface area contributed by atoms with Crippen LogP contribution in [0.4, 0.5) is 0 Å². The summed E-state index contributed by atoms with van der Waals surface area (Å²) < 4.78 is 52.6. The summed E-state index contributed by atoms with van der Waals surface area (Å²) in [6.07, 6.45) is 1.18. The van der Waals surface area contributed by atoms with Gasteiger partial charge in [0, 0.05) is 38.8 Å². The van der Waals surface area contributed by atoms with Gasteiger partial charge in [0.1, 0.15) is 0 Å². The molecular weight excluding hydrogens is 474 g/mol. The van der Waals surface area contributed by atoms with Crippen LogP contribution in [-0.4, -0.2) is 58.5 Å². The summed E-state index contributed by atoms with van der Waals surface area (Å²) in [7, 11) is -4.29. The Bertz CT molecular complexity index is 1160. The second-order valence-corrected chi connectivity index (χ2v) is 12.3. The van der Waals surface area contributed by atoms with E-state index in [1.807, 2.05) is 0 Å². The lowest BCUT2D eigenvalue weighted by Crippen LogP contribution is -2.45. The van der Waals surface area contributed by atoms with Gasteiger partial charge in [-0.3, -0.25) is 4.79 Å². The van der Waals surface area contributed by atoms with E-state index in [4.69, 9.17) is 11.6 Å². The Morgan fingerprint density at radius 1 is 1.03 bits per heavy atom. The molecule has 1 amide bonds. The molecule has 0 radical (unpaired) electrons. The van der Waals surface area contributed by atoms with Gasteiger partial charge >= 0.3 is 0 Å². The maximum absolute atomic E-state index is 12.9. The molecule has 8 nitrogen and oxygen atoms in total. The number of rotatable bonds is 7. The molecule has 1 N–H and O–H groups in total. The summed E-state index contributed by atoms with van der Waals surface area (Å²) in [5, 5.41) is 3.28. The first kappa shape index (κ1) is 24.7. The number of hydrogen-bond donors (Lipinski definition) is 1. The van der Waals surface area contributed by atoms with Crippen LogP contribution in [0.5, 0.6) is 0 Å². The number of carbonyl (C=O) groups excluding carboxylic acids is 1. The number of carbonyl (C=O) groups is 1. The monoisotopic (exact) mass is 499 g/mol. The van der Waals surface area contributed by atoms with E-state index >= 15 is 0 Å². The highest BCUT2D eigenvalue weighted by Gasteiger charge is 2.33. The fourth-order valence-corrected chi connectivity index (χ4v) is 6.01. The average molecular weight is 500 g/mol. The van der Waals surface area contributed by atoms with Crippen molar-refractivity contribution in [2.75, 3.05) is 27.2 Å². The number of nitrogens with zero attached hydrogens (tertiary/aromatic N) is 2. The smallest absolute Gasteiger partial charge is 0.243 e. The number of amides is 1. The van der Waals surface area contributed by atoms with Crippen LogP contribution >= 0.6 is 11.6 Å². The predicted molar refractivity (Wildman–Crippen MR) is 122 cm³/mol. The molecule has 2 aromatic rings. The van der Waals surface area contributed by atoms with Gasteiger partial charge in [0.15, 0.2) is 0 Å². The molecule has 174 valence electrons. The highest BCUT2D eigenvalue weighted by molar-refractivity contribution is 7.89. The average Bonchev–Trinajstić information content (AvgIpc) is 2.78. The highest BCUT2D eigenvalue weighted by Crippen LogP contribution is 2.25. The van der Waals surface area contributed by atoms with Crippen LogP contribution in [-0.2, 0) is 31.4 Å². The van der Waals surface area contributed by atoms with Crippen LogP contribution in [0.3, 0.4) is 0 Å². The molecular formula is C21H26ClN3O5S2. The van der Waals surface area contributed by atoms with Crippen LogP contribution < -0.4 is 5.32 Å². The third-order valence-corrected chi connectivity index (χ3v) is 9.34. The van der Waals surface area contributed by atoms with Gasteiger partial charge in [0.2, 0.25) is 26.0 Å². The second kappa shape index (κ2) is 9.88. The molecule has 0 aromatic heterocycles. The molecule has 0 unspecified atom stereocenters. The van der Waals surface area contributed by atoms with E-state index in [1.165, 1.54) is 54.8 Å². The van der Waals surface area contributed by atoms with E-state index in [9.17, 15) is 21.6 Å². The van der Waals surface area contributed by atoms with E-state index in [-0.39, 0.29) is 28.8 Å². The Balaban J connectivity index is 1.61. The molecule has 1 saturated heterocycles. The highest BCUT2D eigenvalue weighted by atomic mass is 35.5. The fourth-order valence-electron chi connectivity index (χ4n) is 3.45. The molecule has 1 heterocycles. The summed E-state index contributed by atoms with van der Waals surface area (Å²) in [5.41, 5.74) is 0.748. The molecule has 1 fully saturated rings. The van der Waals surface area contributed by atoms with E-state index in [1.54, 1.807) is 12.1 Å². The Morgan fingerprint density at radius 2 is 1.62 bits per heavy atom. The lowest BCUT2D eigenvalue weighted by atomic mass is 9.99. The van der Waals surface area contributed by atoms with Gasteiger partial charge in [0.25, 0.3) is 0 Å². The maximum atomic E-state index is 12.9. The molecule has 1 atom stereocenters. The van der Waals surface area contributed by atoms with Crippen LogP contribution in [0, 0.1) is 5.92 Å². The maximum Gasteiger partial charge on any atom is 0.243 e. The second-order valence-electron chi connectivity index (χ2n) is 7.81. The van der Waals surface area contributed by atoms with Crippen molar-refractivity contribution >= 4 is 37.6 Å². The molecule has 0 spiro atoms. The van der Waals surface area contributed by atoms with Crippen LogP contribution in [0.2, 0.25) is 5.02 Å². The molecule has 3 rings (SSSR count). The zero-order valence-electron chi connectivity index (χ0n) is 17.9. The molecule has 11 heteroatoms. The van der Waals surface area contributed by atoms with Gasteiger partial charge in [-0.25, -0.2) is 21.1 Å². The van der Waals surface area contributed by atoms with Gasteiger partial charge in [0.05, 0.1) is 15.7 Å². The molecule has 32 heavy (non-hydrogen) atoms. The van der Waals surface area contributed by atoms with Crippen molar-refractivity contribution in [3.8, 4) is 0 Å². The van der Waals surface area contributed by atoms with Crippen molar-refractivity contribution in [2.24, 2.45) is 5.92 Å². The topological polar surface area (TPSA) is 104 Å². The molecule has 2 aromatic carbocycles. The predicted octanol–water partition coefficient (Wildman–Crippen LogP) is 2.31. The Morgan fingerprint density at radius 3 is 2.22 bits per heavy atom. The van der Waals surface area contributed by atoms with E-state index < -0.39 is 26.0 Å². The first-order valence-corrected chi connectivity index (χ1v) is 13.3. The number of benzene rings is 2. The first-order valence-electron chi connectivity index (χ1n) is 10.1. The zero-order valence-corrected chi connectivity index (χ0v) is 20.3. The minimum atomic E-state index is -3.70. The van der Waals surface area contributed by atoms with Crippen molar-refractivity contribution in [1.29, 1.82) is 0 Å². The van der Waals surface area contributed by atoms with Gasteiger partial charge < -0.3 is 5.32 Å². The Kier molecular flexibility index (Phi) is 7.61. The van der Waals surface area contributed by atoms with E-state index in [0.717, 1.165) is 9.87 Å². The summed E-state index contributed by atoms with van der Waals surface area (Å²) in [5.74, 6) is -0.690. The molecule has 0 bridgehead atoms. The van der Waals surface area contributed by atoms with E-state index in [2.05, 4.69) is 5.32 Å². The lowest BCUT2D eigenvalue weighted by Gasteiger charge is -2.31. The van der Waals surface area contributed by atoms with E-state index in [0.29, 0.717) is 24.4 Å². The fraction of sp³-hybridized carbons (Fsp3) is 0.381. The van der Waals surface area contributed by atoms with Crippen molar-refractivity contribution in [1.82, 2.24) is 13.9 Å². The summed E-state index contributed by atoms with van der Waals surface area (Å²) in [6, 6.07) is 12.3. The molecule has 1 aliphatic heterocycles. The van der Waals surface area contributed by atoms with Gasteiger partial charge in [-0.1, -0.05) is 23.7 Å². The van der Waals surface area contributed by atoms with Crippen LogP contribution in [0.1, 0.15) is 18.4 Å². The van der Waals surface area contributed by atoms with Crippen molar-refractivity contribution in [3.63, 3.8) is 0 Å². The zero-order chi connectivity index (χ0) is 23.5. The van der Waals surface area contributed by atoms with Crippen molar-refractivity contribution in [3.05, 3.63) is 59.1 Å². The third kappa shape index (κ3) is 5.49. The van der Waals surface area contributed by atoms with Gasteiger partial charge in [-0.05, 0) is 54.8 Å². The molecule has 0 aliphatic carbocycles. The molecule has 0 saturated carbocycles. The van der Waals surface area contributed by atoms with Gasteiger partial charge in [-0.15, -0.1) is 0 Å². The Labute approximate surface area is 194 Å². The van der Waals surface area contributed by atoms with Crippen LogP contribution in [0.25, 0.3) is 0 Å². The lowest BCUT2D eigenvalue weighted by molar-refractivity contribution is -0.126. The number of halogens is 1. The van der Waals surface area contributed by atoms with Crippen molar-refractivity contribution < 1.29 is 21.6 Å². The third-order valence-electron chi connectivity index (χ3n) is 5.37. The van der Waals surface area contributed by atoms with Crippen LogP contribution in [0.15, 0.2) is 58.3 Å². The quantitative estimate of drug-likeness (QED) is 0.629. The normalized spacial score (nSPS) is 17.9. The van der Waals surface area contributed by atoms with Gasteiger partial charge in [-0.2, -0.15) is 4.31 Å². The number of hydrogen-bond acceptors (Lipinski definition) is 5. The summed E-state index contributed by atoms with van der Waals surface area (Å²) >= 11 is 5.85. The minimum Gasteiger partial charge on any atom is -0.352 e. The summed E-state index contributed by atoms with van der Waals surface area (Å²) in [6.45, 7) is 0.689. The summed E-state index contributed by atoms with van der Waals surface area (Å²) in [4.78, 5) is 13.0. The molecule has 1 aliphatic rings.